The zero-order valence-corrected chi connectivity index (χ0v) is 15.5. The Labute approximate surface area is 142 Å². The highest BCUT2D eigenvalue weighted by atomic mass is 32.1. The smallest absolute Gasteiger partial charge is 0.264 e. The largest absolute Gasteiger partial charge is 0.372 e. The molecule has 0 bridgehead atoms. The van der Waals surface area contributed by atoms with Crippen LogP contribution in [0.2, 0.25) is 0 Å². The molecule has 2 rings (SSSR count). The molecule has 1 fully saturated rings. The molecule has 1 aromatic heterocycles. The van der Waals surface area contributed by atoms with E-state index in [0.717, 1.165) is 10.6 Å². The van der Waals surface area contributed by atoms with Gasteiger partial charge in [0.05, 0.1) is 22.1 Å². The van der Waals surface area contributed by atoms with E-state index in [1.165, 1.54) is 11.3 Å². The molecule has 0 spiro atoms. The second kappa shape index (κ2) is 6.61. The fourth-order valence-corrected chi connectivity index (χ4v) is 3.58. The van der Waals surface area contributed by atoms with Crippen LogP contribution in [0.15, 0.2) is 6.07 Å². The van der Waals surface area contributed by atoms with Gasteiger partial charge in [-0.15, -0.1) is 11.3 Å². The third-order valence-corrected chi connectivity index (χ3v) is 4.88. The quantitative estimate of drug-likeness (QED) is 0.900. The van der Waals surface area contributed by atoms with Crippen molar-refractivity contribution in [1.82, 2.24) is 4.90 Å². The summed E-state index contributed by atoms with van der Waals surface area (Å²) >= 11 is 1.34. The summed E-state index contributed by atoms with van der Waals surface area (Å²) in [4.78, 5) is 27.4. The van der Waals surface area contributed by atoms with Crippen molar-refractivity contribution in [2.75, 3.05) is 18.4 Å². The van der Waals surface area contributed by atoms with E-state index in [4.69, 9.17) is 4.74 Å². The summed E-state index contributed by atoms with van der Waals surface area (Å²) in [5.41, 5.74) is 0.438. The van der Waals surface area contributed by atoms with Gasteiger partial charge in [-0.3, -0.25) is 9.59 Å². The van der Waals surface area contributed by atoms with Crippen molar-refractivity contribution >= 4 is 28.2 Å². The fourth-order valence-electron chi connectivity index (χ4n) is 2.54. The molecular weight excluding hydrogens is 312 g/mol. The maximum Gasteiger partial charge on any atom is 0.264 e. The van der Waals surface area contributed by atoms with E-state index in [1.807, 2.05) is 52.5 Å². The number of ether oxygens (including phenoxy) is 1. The Balaban J connectivity index is 2.14. The van der Waals surface area contributed by atoms with Gasteiger partial charge in [0.1, 0.15) is 0 Å². The molecule has 1 aliphatic heterocycles. The first kappa shape index (κ1) is 17.9. The van der Waals surface area contributed by atoms with Gasteiger partial charge in [0.25, 0.3) is 5.91 Å². The van der Waals surface area contributed by atoms with Crippen LogP contribution in [0.25, 0.3) is 0 Å². The highest BCUT2D eigenvalue weighted by molar-refractivity contribution is 7.18. The van der Waals surface area contributed by atoms with Crippen LogP contribution in [0, 0.1) is 12.3 Å². The van der Waals surface area contributed by atoms with Crippen molar-refractivity contribution in [3.05, 3.63) is 16.5 Å². The van der Waals surface area contributed by atoms with Crippen molar-refractivity contribution in [3.8, 4) is 0 Å². The van der Waals surface area contributed by atoms with Gasteiger partial charge in [0.15, 0.2) is 0 Å². The Morgan fingerprint density at radius 2 is 1.83 bits per heavy atom. The molecule has 0 unspecified atom stereocenters. The lowest BCUT2D eigenvalue weighted by molar-refractivity contribution is -0.123. The molecule has 1 aliphatic rings. The van der Waals surface area contributed by atoms with Crippen LogP contribution in [-0.2, 0) is 9.53 Å². The average molecular weight is 338 g/mol. The fraction of sp³-hybridized carbons (Fsp3) is 0.647. The zero-order valence-electron chi connectivity index (χ0n) is 14.7. The van der Waals surface area contributed by atoms with Gasteiger partial charge in [-0.05, 0) is 32.4 Å². The van der Waals surface area contributed by atoms with Gasteiger partial charge in [-0.2, -0.15) is 0 Å². The van der Waals surface area contributed by atoms with Gasteiger partial charge in [0.2, 0.25) is 5.91 Å². The molecule has 2 amide bonds. The molecule has 23 heavy (non-hydrogen) atoms. The molecule has 2 atom stereocenters. The van der Waals surface area contributed by atoms with E-state index in [2.05, 4.69) is 5.32 Å². The molecule has 1 saturated heterocycles. The standard InChI is InChI=1S/C17H26N2O3S/c1-10-7-13(18-16(21)17(4,5)6)23-14(10)15(20)19-8-11(2)22-12(3)9-19/h7,11-12H,8-9H2,1-6H3,(H,18,21)/t11-,12-/m1/s1. The van der Waals surface area contributed by atoms with E-state index in [-0.39, 0.29) is 24.0 Å². The SMILES string of the molecule is Cc1cc(NC(=O)C(C)(C)C)sc1C(=O)N1C[C@@H](C)O[C@H](C)C1. The van der Waals surface area contributed by atoms with Crippen LogP contribution in [0.4, 0.5) is 5.00 Å². The third-order valence-electron chi connectivity index (χ3n) is 3.74. The van der Waals surface area contributed by atoms with E-state index in [0.29, 0.717) is 18.0 Å². The molecule has 0 saturated carbocycles. The Bertz CT molecular complexity index is 593. The summed E-state index contributed by atoms with van der Waals surface area (Å²) in [5, 5.41) is 3.62. The maximum absolute atomic E-state index is 12.8. The number of hydrogen-bond acceptors (Lipinski definition) is 4. The van der Waals surface area contributed by atoms with Gasteiger partial charge < -0.3 is 15.0 Å². The lowest BCUT2D eigenvalue weighted by Gasteiger charge is -2.35. The summed E-state index contributed by atoms with van der Waals surface area (Å²) in [6.45, 7) is 12.7. The number of anilines is 1. The van der Waals surface area contributed by atoms with Crippen molar-refractivity contribution in [1.29, 1.82) is 0 Å². The lowest BCUT2D eigenvalue weighted by Crippen LogP contribution is -2.48. The van der Waals surface area contributed by atoms with Crippen LogP contribution < -0.4 is 5.32 Å². The molecule has 1 aromatic rings. The zero-order chi connectivity index (χ0) is 17.4. The Morgan fingerprint density at radius 3 is 2.35 bits per heavy atom. The number of hydrogen-bond donors (Lipinski definition) is 1. The number of thiophene rings is 1. The number of carbonyl (C=O) groups excluding carboxylic acids is 2. The normalized spacial score (nSPS) is 22.1. The minimum Gasteiger partial charge on any atom is -0.372 e. The first-order chi connectivity index (χ1) is 10.6. The molecule has 128 valence electrons. The van der Waals surface area contributed by atoms with Gasteiger partial charge >= 0.3 is 0 Å². The molecule has 0 aliphatic carbocycles. The number of nitrogens with one attached hydrogen (secondary N) is 1. The predicted octanol–water partition coefficient (Wildman–Crippen LogP) is 3.29. The molecule has 6 heteroatoms. The minimum absolute atomic E-state index is 0.0192. The van der Waals surface area contributed by atoms with E-state index >= 15 is 0 Å². The van der Waals surface area contributed by atoms with Gasteiger partial charge in [-0.25, -0.2) is 0 Å². The van der Waals surface area contributed by atoms with Crippen LogP contribution in [-0.4, -0.2) is 42.0 Å². The highest BCUT2D eigenvalue weighted by Gasteiger charge is 2.29. The number of nitrogens with zero attached hydrogens (tertiary/aromatic N) is 1. The van der Waals surface area contributed by atoms with E-state index in [9.17, 15) is 9.59 Å². The number of aryl methyl sites for hydroxylation is 1. The minimum atomic E-state index is -0.461. The number of rotatable bonds is 2. The summed E-state index contributed by atoms with van der Waals surface area (Å²) in [5.74, 6) is -0.0304. The number of amides is 2. The van der Waals surface area contributed by atoms with Gasteiger partial charge in [-0.1, -0.05) is 20.8 Å². The molecule has 0 aromatic carbocycles. The topological polar surface area (TPSA) is 58.6 Å². The maximum atomic E-state index is 12.8. The van der Waals surface area contributed by atoms with Crippen molar-refractivity contribution in [2.45, 2.75) is 53.8 Å². The first-order valence-corrected chi connectivity index (χ1v) is 8.76. The van der Waals surface area contributed by atoms with Crippen molar-refractivity contribution in [2.24, 2.45) is 5.41 Å². The van der Waals surface area contributed by atoms with Crippen LogP contribution in [0.1, 0.15) is 49.9 Å². The summed E-state index contributed by atoms with van der Waals surface area (Å²) in [6, 6.07) is 1.87. The van der Waals surface area contributed by atoms with E-state index in [1.54, 1.807) is 0 Å². The predicted molar refractivity (Wildman–Crippen MR) is 93.1 cm³/mol. The second-order valence-electron chi connectivity index (χ2n) is 7.29. The number of morpholine rings is 1. The van der Waals surface area contributed by atoms with Crippen LogP contribution >= 0.6 is 11.3 Å². The third kappa shape index (κ3) is 4.32. The first-order valence-electron chi connectivity index (χ1n) is 7.94. The van der Waals surface area contributed by atoms with Crippen molar-refractivity contribution in [3.63, 3.8) is 0 Å². The summed E-state index contributed by atoms with van der Waals surface area (Å²) in [7, 11) is 0. The molecular formula is C17H26N2O3S. The Hall–Kier alpha value is -1.40. The monoisotopic (exact) mass is 338 g/mol. The van der Waals surface area contributed by atoms with E-state index < -0.39 is 5.41 Å². The van der Waals surface area contributed by atoms with Crippen molar-refractivity contribution < 1.29 is 14.3 Å². The highest BCUT2D eigenvalue weighted by Crippen LogP contribution is 2.30. The van der Waals surface area contributed by atoms with Gasteiger partial charge in [0, 0.05) is 18.5 Å². The Kier molecular flexibility index (Phi) is 5.16. The number of carbonyl (C=O) groups is 2. The Morgan fingerprint density at radius 1 is 1.26 bits per heavy atom. The molecule has 0 radical (unpaired) electrons. The summed E-state index contributed by atoms with van der Waals surface area (Å²) < 4.78 is 5.68. The molecule has 2 heterocycles. The lowest BCUT2D eigenvalue weighted by atomic mass is 9.96. The molecule has 5 nitrogen and oxygen atoms in total. The van der Waals surface area contributed by atoms with Crippen LogP contribution in [0.3, 0.4) is 0 Å². The second-order valence-corrected chi connectivity index (χ2v) is 8.35. The summed E-state index contributed by atoms with van der Waals surface area (Å²) in [6.07, 6.45) is 0.0889. The average Bonchev–Trinajstić information content (AvgIpc) is 2.76. The van der Waals surface area contributed by atoms with Crippen LogP contribution in [0.5, 0.6) is 0 Å². The molecule has 1 N–H and O–H groups in total.